The number of fused-ring (bicyclic) bond motifs is 1. The molecule has 0 spiro atoms. The lowest BCUT2D eigenvalue weighted by Crippen LogP contribution is -2.04. The van der Waals surface area contributed by atoms with Gasteiger partial charge >= 0.3 is 11.9 Å². The number of aromatic nitrogens is 3. The summed E-state index contributed by atoms with van der Waals surface area (Å²) in [7, 11) is 0. The maximum Gasteiger partial charge on any atom is 0.396 e. The van der Waals surface area contributed by atoms with Crippen LogP contribution in [-0.2, 0) is 4.74 Å². The van der Waals surface area contributed by atoms with Crippen LogP contribution < -0.4 is 0 Å². The van der Waals surface area contributed by atoms with Crippen LogP contribution in [0, 0.1) is 0 Å². The highest BCUT2D eigenvalue weighted by molar-refractivity contribution is 7.99. The topological polar surface area (TPSA) is 91.2 Å². The summed E-state index contributed by atoms with van der Waals surface area (Å²) in [5, 5.41) is 9.14. The van der Waals surface area contributed by atoms with Crippen molar-refractivity contribution in [1.82, 2.24) is 15.2 Å². The van der Waals surface area contributed by atoms with E-state index in [1.165, 1.54) is 0 Å². The Labute approximate surface area is 117 Å². The van der Waals surface area contributed by atoms with Crippen molar-refractivity contribution in [2.75, 3.05) is 6.61 Å². The van der Waals surface area contributed by atoms with Crippen LogP contribution in [0.4, 0.5) is 0 Å². The van der Waals surface area contributed by atoms with Crippen LogP contribution in [0.25, 0.3) is 11.0 Å². The van der Waals surface area contributed by atoms with E-state index in [0.717, 1.165) is 17.1 Å². The molecule has 0 amide bonds. The number of carbonyl (C=O) groups excluding carboxylic acids is 1. The zero-order valence-electron chi connectivity index (χ0n) is 10.4. The van der Waals surface area contributed by atoms with E-state index < -0.39 is 5.97 Å². The van der Waals surface area contributed by atoms with Crippen molar-refractivity contribution in [3.05, 3.63) is 30.5 Å². The fourth-order valence-electron chi connectivity index (χ4n) is 1.56. The molecule has 20 heavy (non-hydrogen) atoms. The Morgan fingerprint density at radius 3 is 3.15 bits per heavy atom. The first-order valence-corrected chi connectivity index (χ1v) is 6.60. The second-order valence-corrected chi connectivity index (χ2v) is 4.58. The average Bonchev–Trinajstić information content (AvgIpc) is 3.08. The number of ether oxygens (including phenoxy) is 1. The third-order valence-electron chi connectivity index (χ3n) is 2.38. The minimum atomic E-state index is -0.638. The summed E-state index contributed by atoms with van der Waals surface area (Å²) in [5.41, 5.74) is 0.715. The minimum absolute atomic E-state index is 0.172. The first kappa shape index (κ1) is 12.7. The van der Waals surface area contributed by atoms with Gasteiger partial charge in [0.2, 0.25) is 0 Å². The molecule has 0 saturated carbocycles. The van der Waals surface area contributed by atoms with Crippen molar-refractivity contribution < 1.29 is 18.4 Å². The van der Waals surface area contributed by atoms with Gasteiger partial charge in [0.1, 0.15) is 10.6 Å². The molecule has 0 atom stereocenters. The van der Waals surface area contributed by atoms with Gasteiger partial charge in [0.15, 0.2) is 0 Å². The predicted octanol–water partition coefficient (Wildman–Crippen LogP) is 2.54. The van der Waals surface area contributed by atoms with Crippen LogP contribution in [0.3, 0.4) is 0 Å². The molecule has 0 saturated heterocycles. The number of nitrogens with zero attached hydrogens (tertiary/aromatic N) is 3. The van der Waals surface area contributed by atoms with Gasteiger partial charge in [-0.3, -0.25) is 0 Å². The van der Waals surface area contributed by atoms with Crippen molar-refractivity contribution in [3.8, 4) is 0 Å². The maximum absolute atomic E-state index is 11.4. The van der Waals surface area contributed by atoms with E-state index in [-0.39, 0.29) is 17.7 Å². The van der Waals surface area contributed by atoms with Crippen LogP contribution >= 0.6 is 11.8 Å². The van der Waals surface area contributed by atoms with Crippen molar-refractivity contribution >= 4 is 28.7 Å². The monoisotopic (exact) mass is 291 g/mol. The summed E-state index contributed by atoms with van der Waals surface area (Å²) in [5.74, 6) is -0.810. The molecule has 0 unspecified atom stereocenters. The Kier molecular flexibility index (Phi) is 3.38. The van der Waals surface area contributed by atoms with Crippen molar-refractivity contribution in [3.63, 3.8) is 0 Å². The molecule has 3 aromatic heterocycles. The number of hydrogen-bond donors (Lipinski definition) is 0. The number of pyridine rings is 1. The van der Waals surface area contributed by atoms with Crippen LogP contribution in [0.15, 0.2) is 43.7 Å². The molecule has 0 fully saturated rings. The maximum atomic E-state index is 11.4. The number of furan rings is 1. The molecule has 0 aliphatic rings. The van der Waals surface area contributed by atoms with E-state index in [0.29, 0.717) is 10.6 Å². The van der Waals surface area contributed by atoms with Crippen LogP contribution in [0.5, 0.6) is 0 Å². The zero-order chi connectivity index (χ0) is 13.9. The van der Waals surface area contributed by atoms with Crippen molar-refractivity contribution in [2.45, 2.75) is 17.2 Å². The smallest absolute Gasteiger partial charge is 0.396 e. The van der Waals surface area contributed by atoms with E-state index in [4.69, 9.17) is 13.6 Å². The summed E-state index contributed by atoms with van der Waals surface area (Å²) in [4.78, 5) is 15.6. The van der Waals surface area contributed by atoms with E-state index in [2.05, 4.69) is 15.2 Å². The first-order chi connectivity index (χ1) is 9.78. The average molecular weight is 291 g/mol. The largest absolute Gasteiger partial charge is 0.464 e. The van der Waals surface area contributed by atoms with Gasteiger partial charge in [-0.1, -0.05) is 5.10 Å². The van der Waals surface area contributed by atoms with Gasteiger partial charge in [-0.15, -0.1) is 5.10 Å². The van der Waals surface area contributed by atoms with Crippen LogP contribution in [-0.4, -0.2) is 27.8 Å². The van der Waals surface area contributed by atoms with Gasteiger partial charge in [0.25, 0.3) is 5.22 Å². The molecule has 0 radical (unpaired) electrons. The molecule has 3 aromatic rings. The molecule has 102 valence electrons. The highest BCUT2D eigenvalue weighted by Crippen LogP contribution is 2.31. The number of hydrogen-bond acceptors (Lipinski definition) is 8. The summed E-state index contributed by atoms with van der Waals surface area (Å²) < 4.78 is 15.3. The van der Waals surface area contributed by atoms with Gasteiger partial charge < -0.3 is 13.6 Å². The Balaban J connectivity index is 1.84. The Hall–Kier alpha value is -2.35. The third-order valence-corrected chi connectivity index (χ3v) is 3.24. The molecule has 3 heterocycles. The molecule has 0 aliphatic heterocycles. The van der Waals surface area contributed by atoms with Gasteiger partial charge in [-0.2, -0.15) is 0 Å². The fraction of sp³-hybridized carbons (Fsp3) is 0.167. The van der Waals surface area contributed by atoms with Gasteiger partial charge in [0, 0.05) is 6.20 Å². The molecule has 7 nitrogen and oxygen atoms in total. The normalized spacial score (nSPS) is 10.8. The SMILES string of the molecule is CCOC(=O)c1nnc(Sc2nccc3occc23)o1. The second kappa shape index (κ2) is 5.33. The van der Waals surface area contributed by atoms with Gasteiger partial charge in [-0.05, 0) is 30.8 Å². The molecule has 0 aromatic carbocycles. The highest BCUT2D eigenvalue weighted by atomic mass is 32.2. The molecular weight excluding hydrogens is 282 g/mol. The standard InChI is InChI=1S/C12H9N3O4S/c1-2-17-11(16)9-14-15-12(19-9)20-10-7-4-6-18-8(7)3-5-13-10/h3-6H,2H2,1H3. The molecule has 3 rings (SSSR count). The molecular formula is C12H9N3O4S. The third kappa shape index (κ3) is 2.37. The molecule has 0 bridgehead atoms. The lowest BCUT2D eigenvalue weighted by atomic mass is 10.3. The lowest BCUT2D eigenvalue weighted by Gasteiger charge is -1.97. The Morgan fingerprint density at radius 2 is 2.30 bits per heavy atom. The quantitative estimate of drug-likeness (QED) is 0.677. The summed E-state index contributed by atoms with van der Waals surface area (Å²) >= 11 is 1.16. The van der Waals surface area contributed by atoms with Crippen molar-refractivity contribution in [2.24, 2.45) is 0 Å². The van der Waals surface area contributed by atoms with E-state index in [1.54, 1.807) is 31.5 Å². The Morgan fingerprint density at radius 1 is 1.40 bits per heavy atom. The van der Waals surface area contributed by atoms with Crippen LogP contribution in [0.2, 0.25) is 0 Å². The minimum Gasteiger partial charge on any atom is -0.464 e. The van der Waals surface area contributed by atoms with E-state index in [9.17, 15) is 4.79 Å². The lowest BCUT2D eigenvalue weighted by molar-refractivity contribution is 0.0475. The van der Waals surface area contributed by atoms with Crippen LogP contribution in [0.1, 0.15) is 17.6 Å². The number of esters is 1. The van der Waals surface area contributed by atoms with E-state index >= 15 is 0 Å². The highest BCUT2D eigenvalue weighted by Gasteiger charge is 2.17. The van der Waals surface area contributed by atoms with Gasteiger partial charge in [0.05, 0.1) is 18.3 Å². The van der Waals surface area contributed by atoms with Crippen molar-refractivity contribution in [1.29, 1.82) is 0 Å². The molecule has 0 aliphatic carbocycles. The summed E-state index contributed by atoms with van der Waals surface area (Å²) in [6.45, 7) is 1.95. The number of rotatable bonds is 4. The number of carbonyl (C=O) groups is 1. The van der Waals surface area contributed by atoms with E-state index in [1.807, 2.05) is 0 Å². The summed E-state index contributed by atoms with van der Waals surface area (Å²) in [6.07, 6.45) is 3.20. The molecule has 8 heteroatoms. The van der Waals surface area contributed by atoms with Gasteiger partial charge in [-0.25, -0.2) is 9.78 Å². The fourth-order valence-corrected chi connectivity index (χ4v) is 2.32. The second-order valence-electron chi connectivity index (χ2n) is 3.64. The predicted molar refractivity (Wildman–Crippen MR) is 68.4 cm³/mol. The zero-order valence-corrected chi connectivity index (χ0v) is 11.2. The molecule has 0 N–H and O–H groups in total. The first-order valence-electron chi connectivity index (χ1n) is 5.78. The Bertz CT molecular complexity index is 752. The summed E-state index contributed by atoms with van der Waals surface area (Å²) in [6, 6.07) is 3.56.